The SMILES string of the molecule is O=C1C=NC=CC=NC=CCN=CC=CC=Nc2ccccc21. The van der Waals surface area contributed by atoms with Crippen molar-refractivity contribution < 1.29 is 4.79 Å². The highest BCUT2D eigenvalue weighted by atomic mass is 16.1. The second-order valence-corrected chi connectivity index (χ2v) is 4.36. The number of carbonyl (C=O) groups excluding carboxylic acids is 1. The maximum atomic E-state index is 12.2. The van der Waals surface area contributed by atoms with Crippen molar-refractivity contribution in [2.45, 2.75) is 0 Å². The molecule has 23 heavy (non-hydrogen) atoms. The molecule has 0 saturated heterocycles. The molecule has 0 atom stereocenters. The van der Waals surface area contributed by atoms with E-state index >= 15 is 0 Å². The number of ketones is 1. The Morgan fingerprint density at radius 3 is 2.70 bits per heavy atom. The van der Waals surface area contributed by atoms with Crippen LogP contribution < -0.4 is 0 Å². The van der Waals surface area contributed by atoms with Gasteiger partial charge in [0.05, 0.1) is 18.4 Å². The monoisotopic (exact) mass is 304 g/mol. The molecule has 0 fully saturated rings. The van der Waals surface area contributed by atoms with Crippen molar-refractivity contribution in [2.24, 2.45) is 20.0 Å². The first kappa shape index (κ1) is 16.2. The molecule has 1 heterocycles. The molecule has 114 valence electrons. The molecule has 0 radical (unpaired) electrons. The first-order valence-electron chi connectivity index (χ1n) is 7.07. The van der Waals surface area contributed by atoms with Crippen LogP contribution in [0.1, 0.15) is 10.4 Å². The van der Waals surface area contributed by atoms with E-state index < -0.39 is 0 Å². The number of benzene rings is 1. The molecule has 0 aromatic heterocycles. The van der Waals surface area contributed by atoms with Gasteiger partial charge in [-0.15, -0.1) is 0 Å². The number of nitrogens with zero attached hydrogens (tertiary/aromatic N) is 4. The molecule has 0 unspecified atom stereocenters. The van der Waals surface area contributed by atoms with Crippen molar-refractivity contribution in [3.05, 3.63) is 66.5 Å². The summed E-state index contributed by atoms with van der Waals surface area (Å²) in [6, 6.07) is 7.13. The third-order valence-corrected chi connectivity index (χ3v) is 2.71. The zero-order valence-corrected chi connectivity index (χ0v) is 12.5. The third-order valence-electron chi connectivity index (χ3n) is 2.71. The van der Waals surface area contributed by atoms with E-state index in [9.17, 15) is 4.79 Å². The summed E-state index contributed by atoms with van der Waals surface area (Å²) in [5.41, 5.74) is 1.10. The minimum absolute atomic E-state index is 0.203. The standard InChI is InChI=1S/C18H16N4O/c23-18-15-21-13-6-12-20-11-5-10-19-9-3-4-14-22-17-8-2-1-7-16(17)18/h1-9,11-15H,10H2. The molecule has 5 heteroatoms. The van der Waals surface area contributed by atoms with Crippen LogP contribution in [0.5, 0.6) is 0 Å². The van der Waals surface area contributed by atoms with Gasteiger partial charge in [0.25, 0.3) is 0 Å². The summed E-state index contributed by atoms with van der Waals surface area (Å²) in [7, 11) is 0. The van der Waals surface area contributed by atoms with Gasteiger partial charge in [0, 0.05) is 36.6 Å². The van der Waals surface area contributed by atoms with Gasteiger partial charge in [0.2, 0.25) is 5.78 Å². The van der Waals surface area contributed by atoms with Crippen LogP contribution >= 0.6 is 0 Å². The summed E-state index contributed by atoms with van der Waals surface area (Å²) in [5, 5.41) is 0. The van der Waals surface area contributed by atoms with Crippen molar-refractivity contribution in [2.75, 3.05) is 6.54 Å². The second-order valence-electron chi connectivity index (χ2n) is 4.36. The van der Waals surface area contributed by atoms with Crippen molar-refractivity contribution in [3.8, 4) is 0 Å². The molecule has 0 aliphatic carbocycles. The molecule has 0 spiro atoms. The number of hydrogen-bond donors (Lipinski definition) is 0. The summed E-state index contributed by atoms with van der Waals surface area (Å²) < 4.78 is 0. The number of allylic oxidation sites excluding steroid dienone is 3. The molecule has 2 rings (SSSR count). The minimum atomic E-state index is -0.203. The third kappa shape index (κ3) is 5.97. The number of hydrogen-bond acceptors (Lipinski definition) is 5. The molecule has 1 aromatic carbocycles. The summed E-state index contributed by atoms with van der Waals surface area (Å²) in [6.45, 7) is 0.554. The summed E-state index contributed by atoms with van der Waals surface area (Å²) >= 11 is 0. The van der Waals surface area contributed by atoms with E-state index in [-0.39, 0.29) is 5.78 Å². The maximum Gasteiger partial charge on any atom is 0.206 e. The maximum absolute atomic E-state index is 12.2. The first-order chi connectivity index (χ1) is 11.4. The van der Waals surface area contributed by atoms with Crippen molar-refractivity contribution in [1.29, 1.82) is 0 Å². The molecular formula is C18H16N4O. The van der Waals surface area contributed by atoms with Gasteiger partial charge >= 0.3 is 0 Å². The van der Waals surface area contributed by atoms with Gasteiger partial charge in [-0.1, -0.05) is 12.1 Å². The van der Waals surface area contributed by atoms with Crippen molar-refractivity contribution in [1.82, 2.24) is 0 Å². The number of aliphatic imine (C=N–C) groups is 4. The average molecular weight is 304 g/mol. The van der Waals surface area contributed by atoms with E-state index in [1.165, 1.54) is 12.4 Å². The van der Waals surface area contributed by atoms with Crippen LogP contribution in [0, 0.1) is 0 Å². The predicted octanol–water partition coefficient (Wildman–Crippen LogP) is 3.38. The Kier molecular flexibility index (Phi) is 6.80. The normalized spacial score (nSPS) is 15.4. The lowest BCUT2D eigenvalue weighted by Gasteiger charge is -1.99. The lowest BCUT2D eigenvalue weighted by atomic mass is 10.1. The van der Waals surface area contributed by atoms with Gasteiger partial charge in [-0.2, -0.15) is 0 Å². The fourth-order valence-corrected chi connectivity index (χ4v) is 1.68. The lowest BCUT2D eigenvalue weighted by Crippen LogP contribution is -2.00. The fraction of sp³-hybridized carbons (Fsp3) is 0.0556. The van der Waals surface area contributed by atoms with Crippen LogP contribution in [-0.4, -0.2) is 37.2 Å². The first-order valence-corrected chi connectivity index (χ1v) is 7.07. The highest BCUT2D eigenvalue weighted by Crippen LogP contribution is 2.18. The van der Waals surface area contributed by atoms with E-state index in [1.807, 2.05) is 12.1 Å². The average Bonchev–Trinajstić information content (AvgIpc) is 2.57. The van der Waals surface area contributed by atoms with E-state index in [4.69, 9.17) is 0 Å². The van der Waals surface area contributed by atoms with Crippen LogP contribution in [0.2, 0.25) is 0 Å². The predicted molar refractivity (Wildman–Crippen MR) is 96.7 cm³/mol. The van der Waals surface area contributed by atoms with E-state index in [0.29, 0.717) is 17.8 Å². The number of rotatable bonds is 0. The van der Waals surface area contributed by atoms with Gasteiger partial charge in [-0.25, -0.2) is 0 Å². The summed E-state index contributed by atoms with van der Waals surface area (Å²) in [6.07, 6.45) is 16.3. The van der Waals surface area contributed by atoms with Crippen LogP contribution in [0.25, 0.3) is 0 Å². The minimum Gasteiger partial charge on any atom is -0.289 e. The largest absolute Gasteiger partial charge is 0.289 e. The van der Waals surface area contributed by atoms with Gasteiger partial charge < -0.3 is 0 Å². The number of Topliss-reactive ketones (excluding diaryl/α,β-unsaturated/α-hetero) is 1. The molecular weight excluding hydrogens is 288 g/mol. The Balaban J connectivity index is 2.27. The van der Waals surface area contributed by atoms with Crippen LogP contribution in [0.15, 0.2) is 80.9 Å². The van der Waals surface area contributed by atoms with Crippen LogP contribution in [0.3, 0.4) is 0 Å². The van der Waals surface area contributed by atoms with Crippen molar-refractivity contribution >= 4 is 36.3 Å². The van der Waals surface area contributed by atoms with E-state index in [2.05, 4.69) is 20.0 Å². The molecule has 1 aromatic rings. The lowest BCUT2D eigenvalue weighted by molar-refractivity contribution is 0.107. The fourth-order valence-electron chi connectivity index (χ4n) is 1.68. The van der Waals surface area contributed by atoms with Gasteiger partial charge in [-0.05, 0) is 36.4 Å². The smallest absolute Gasteiger partial charge is 0.206 e. The summed E-state index contributed by atoms with van der Waals surface area (Å²) in [5.74, 6) is -0.203. The highest BCUT2D eigenvalue weighted by Gasteiger charge is 2.06. The Hall–Kier alpha value is -3.21. The molecule has 0 bridgehead atoms. The molecule has 1 aliphatic rings. The number of carbonyl (C=O) groups is 1. The number of para-hydroxylation sites is 1. The van der Waals surface area contributed by atoms with Crippen LogP contribution in [-0.2, 0) is 0 Å². The Morgan fingerprint density at radius 1 is 0.870 bits per heavy atom. The van der Waals surface area contributed by atoms with Gasteiger partial charge in [-0.3, -0.25) is 24.8 Å². The van der Waals surface area contributed by atoms with Gasteiger partial charge in [0.1, 0.15) is 0 Å². The molecule has 0 saturated carbocycles. The zero-order chi connectivity index (χ0) is 16.2. The van der Waals surface area contributed by atoms with Crippen molar-refractivity contribution in [3.63, 3.8) is 0 Å². The topological polar surface area (TPSA) is 66.5 Å². The zero-order valence-electron chi connectivity index (χ0n) is 12.5. The Labute approximate surface area is 134 Å². The Morgan fingerprint density at radius 2 is 1.74 bits per heavy atom. The number of fused-ring (bicyclic) bond motifs is 1. The van der Waals surface area contributed by atoms with Gasteiger partial charge in [0.15, 0.2) is 0 Å². The molecule has 5 nitrogen and oxygen atoms in total. The molecule has 0 N–H and O–H groups in total. The summed E-state index contributed by atoms with van der Waals surface area (Å²) in [4.78, 5) is 28.6. The molecule has 0 amide bonds. The quantitative estimate of drug-likeness (QED) is 0.724. The Bertz CT molecular complexity index is 737. The van der Waals surface area contributed by atoms with E-state index in [0.717, 1.165) is 0 Å². The highest BCUT2D eigenvalue weighted by molar-refractivity contribution is 6.36. The van der Waals surface area contributed by atoms with E-state index in [1.54, 1.807) is 61.3 Å². The molecule has 1 aliphatic heterocycles. The second kappa shape index (κ2) is 9.68. The van der Waals surface area contributed by atoms with Crippen LogP contribution in [0.4, 0.5) is 5.69 Å².